The molecule has 31 heavy (non-hydrogen) atoms. The summed E-state index contributed by atoms with van der Waals surface area (Å²) in [5, 5.41) is 0. The summed E-state index contributed by atoms with van der Waals surface area (Å²) in [6, 6.07) is 11.6. The second-order valence-electron chi connectivity index (χ2n) is 7.85. The van der Waals surface area contributed by atoms with Crippen molar-refractivity contribution in [3.8, 4) is 11.5 Å². The van der Waals surface area contributed by atoms with Crippen LogP contribution in [0.15, 0.2) is 36.4 Å². The number of ether oxygens (including phenoxy) is 3. The number of methoxy groups -OCH3 is 3. The number of rotatable bonds is 6. The lowest BCUT2D eigenvalue weighted by atomic mass is 9.90. The summed E-state index contributed by atoms with van der Waals surface area (Å²) in [6.45, 7) is 1.60. The van der Waals surface area contributed by atoms with Gasteiger partial charge in [-0.25, -0.2) is 0 Å². The summed E-state index contributed by atoms with van der Waals surface area (Å²) >= 11 is 0. The van der Waals surface area contributed by atoms with Crippen LogP contribution in [0.25, 0.3) is 0 Å². The van der Waals surface area contributed by atoms with E-state index in [4.69, 9.17) is 14.2 Å². The summed E-state index contributed by atoms with van der Waals surface area (Å²) in [5.74, 6) is 1.01. The first-order valence-electron chi connectivity index (χ1n) is 10.5. The van der Waals surface area contributed by atoms with Crippen LogP contribution >= 0.6 is 0 Å². The van der Waals surface area contributed by atoms with Crippen molar-refractivity contribution in [1.29, 1.82) is 0 Å². The Kier molecular flexibility index (Phi) is 6.13. The summed E-state index contributed by atoms with van der Waals surface area (Å²) in [6.07, 6.45) is 1.80. The summed E-state index contributed by atoms with van der Waals surface area (Å²) in [5.41, 5.74) is 4.26. The first-order valence-corrected chi connectivity index (χ1v) is 10.5. The van der Waals surface area contributed by atoms with Crippen LogP contribution in [0.1, 0.15) is 29.2 Å². The largest absolute Gasteiger partial charge is 0.493 e. The van der Waals surface area contributed by atoms with Gasteiger partial charge in [0.15, 0.2) is 11.5 Å². The van der Waals surface area contributed by atoms with Gasteiger partial charge < -0.3 is 19.1 Å². The average molecular weight is 424 g/mol. The summed E-state index contributed by atoms with van der Waals surface area (Å²) in [4.78, 5) is 29.4. The highest BCUT2D eigenvalue weighted by Crippen LogP contribution is 2.39. The van der Waals surface area contributed by atoms with Gasteiger partial charge in [0.2, 0.25) is 5.91 Å². The number of benzene rings is 2. The Morgan fingerprint density at radius 2 is 1.68 bits per heavy atom. The molecule has 0 N–H and O–H groups in total. The number of fused-ring (bicyclic) bond motifs is 2. The van der Waals surface area contributed by atoms with E-state index in [1.807, 2.05) is 35.2 Å². The third kappa shape index (κ3) is 4.10. The Morgan fingerprint density at radius 1 is 0.968 bits per heavy atom. The number of esters is 1. The molecule has 0 aromatic heterocycles. The Morgan fingerprint density at radius 3 is 2.42 bits per heavy atom. The summed E-state index contributed by atoms with van der Waals surface area (Å²) in [7, 11) is 4.59. The van der Waals surface area contributed by atoms with Gasteiger partial charge in [0.05, 0.1) is 34.3 Å². The van der Waals surface area contributed by atoms with Gasteiger partial charge in [-0.05, 0) is 47.7 Å². The Bertz CT molecular complexity index is 990. The minimum absolute atomic E-state index is 0.0451. The second kappa shape index (κ2) is 8.98. The van der Waals surface area contributed by atoms with E-state index in [0.717, 1.165) is 29.7 Å². The number of anilines is 1. The molecule has 7 nitrogen and oxygen atoms in total. The average Bonchev–Trinajstić information content (AvgIpc) is 3.23. The van der Waals surface area contributed by atoms with Crippen LogP contribution in [0.4, 0.5) is 5.69 Å². The molecule has 0 radical (unpaired) electrons. The monoisotopic (exact) mass is 424 g/mol. The van der Waals surface area contributed by atoms with Crippen molar-refractivity contribution >= 4 is 17.6 Å². The van der Waals surface area contributed by atoms with Gasteiger partial charge in [-0.3, -0.25) is 14.5 Å². The molecule has 0 saturated heterocycles. The Labute approximate surface area is 182 Å². The number of hydrogen-bond acceptors (Lipinski definition) is 6. The number of carbonyl (C=O) groups excluding carboxylic acids is 2. The highest BCUT2D eigenvalue weighted by Gasteiger charge is 2.34. The van der Waals surface area contributed by atoms with Crippen molar-refractivity contribution < 1.29 is 23.8 Å². The van der Waals surface area contributed by atoms with Gasteiger partial charge in [-0.2, -0.15) is 0 Å². The topological polar surface area (TPSA) is 68.3 Å². The zero-order chi connectivity index (χ0) is 22.0. The molecule has 1 unspecified atom stereocenters. The number of hydrogen-bond donors (Lipinski definition) is 0. The van der Waals surface area contributed by atoms with Crippen molar-refractivity contribution in [1.82, 2.24) is 4.90 Å². The van der Waals surface area contributed by atoms with Gasteiger partial charge in [-0.15, -0.1) is 0 Å². The number of para-hydroxylation sites is 1. The SMILES string of the molecule is COC(=O)CC1c2cc(OC)c(OC)cc2CCN1CC(=O)N1CCc2ccccc21. The third-order valence-electron chi connectivity index (χ3n) is 6.23. The first-order chi connectivity index (χ1) is 15.0. The van der Waals surface area contributed by atoms with E-state index in [1.165, 1.54) is 12.7 Å². The van der Waals surface area contributed by atoms with Gasteiger partial charge >= 0.3 is 5.97 Å². The van der Waals surface area contributed by atoms with Crippen molar-refractivity contribution in [3.05, 3.63) is 53.1 Å². The smallest absolute Gasteiger partial charge is 0.307 e. The van der Waals surface area contributed by atoms with E-state index in [9.17, 15) is 9.59 Å². The maximum Gasteiger partial charge on any atom is 0.307 e. The zero-order valence-corrected chi connectivity index (χ0v) is 18.2. The molecule has 164 valence electrons. The molecule has 0 saturated carbocycles. The van der Waals surface area contributed by atoms with E-state index in [2.05, 4.69) is 11.0 Å². The molecular weight excluding hydrogens is 396 g/mol. The third-order valence-corrected chi connectivity index (χ3v) is 6.23. The van der Waals surface area contributed by atoms with Gasteiger partial charge in [0.25, 0.3) is 0 Å². The van der Waals surface area contributed by atoms with Crippen LogP contribution < -0.4 is 14.4 Å². The van der Waals surface area contributed by atoms with Crippen LogP contribution in [0.5, 0.6) is 11.5 Å². The molecule has 0 fully saturated rings. The van der Waals surface area contributed by atoms with E-state index < -0.39 is 0 Å². The van der Waals surface area contributed by atoms with Crippen LogP contribution in [-0.2, 0) is 27.2 Å². The molecule has 1 atom stereocenters. The molecule has 2 aromatic rings. The van der Waals surface area contributed by atoms with Crippen molar-refractivity contribution in [2.24, 2.45) is 0 Å². The van der Waals surface area contributed by atoms with Gasteiger partial charge in [0, 0.05) is 24.8 Å². The quantitative estimate of drug-likeness (QED) is 0.665. The zero-order valence-electron chi connectivity index (χ0n) is 18.2. The highest BCUT2D eigenvalue weighted by molar-refractivity contribution is 5.96. The molecular formula is C24H28N2O5. The lowest BCUT2D eigenvalue weighted by molar-refractivity contribution is -0.142. The molecule has 1 amide bonds. The van der Waals surface area contributed by atoms with E-state index in [-0.39, 0.29) is 30.9 Å². The van der Waals surface area contributed by atoms with Crippen LogP contribution in [0.3, 0.4) is 0 Å². The molecule has 2 aliphatic rings. The molecule has 0 spiro atoms. The molecule has 4 rings (SSSR count). The fraction of sp³-hybridized carbons (Fsp3) is 0.417. The molecule has 0 aliphatic carbocycles. The lowest BCUT2D eigenvalue weighted by Crippen LogP contribution is -2.44. The van der Waals surface area contributed by atoms with E-state index in [0.29, 0.717) is 24.6 Å². The minimum Gasteiger partial charge on any atom is -0.493 e. The van der Waals surface area contributed by atoms with Crippen LogP contribution in [0.2, 0.25) is 0 Å². The fourth-order valence-corrected chi connectivity index (χ4v) is 4.61. The number of amides is 1. The van der Waals surface area contributed by atoms with E-state index >= 15 is 0 Å². The number of nitrogens with zero attached hydrogens (tertiary/aromatic N) is 2. The summed E-state index contributed by atoms with van der Waals surface area (Å²) < 4.78 is 15.9. The predicted molar refractivity (Wildman–Crippen MR) is 117 cm³/mol. The Hall–Kier alpha value is -3.06. The number of carbonyl (C=O) groups is 2. The second-order valence-corrected chi connectivity index (χ2v) is 7.85. The fourth-order valence-electron chi connectivity index (χ4n) is 4.61. The Balaban J connectivity index is 1.61. The van der Waals surface area contributed by atoms with E-state index in [1.54, 1.807) is 14.2 Å². The van der Waals surface area contributed by atoms with Crippen molar-refractivity contribution in [2.45, 2.75) is 25.3 Å². The molecule has 2 aliphatic heterocycles. The molecule has 2 heterocycles. The lowest BCUT2D eigenvalue weighted by Gasteiger charge is -2.37. The first kappa shape index (κ1) is 21.2. The van der Waals surface area contributed by atoms with Crippen LogP contribution in [-0.4, -0.2) is 57.7 Å². The normalized spacial score (nSPS) is 17.6. The molecule has 2 aromatic carbocycles. The predicted octanol–water partition coefficient (Wildman–Crippen LogP) is 2.76. The standard InChI is InChI=1S/C24H28N2O5/c1-29-21-12-17-8-10-25(20(14-24(28)31-3)18(17)13-22(21)30-2)15-23(27)26-11-9-16-6-4-5-7-19(16)26/h4-7,12-13,20H,8-11,14-15H2,1-3H3. The molecule has 0 bridgehead atoms. The van der Waals surface area contributed by atoms with Crippen molar-refractivity contribution in [2.75, 3.05) is 45.9 Å². The van der Waals surface area contributed by atoms with Gasteiger partial charge in [-0.1, -0.05) is 18.2 Å². The maximum atomic E-state index is 13.2. The highest BCUT2D eigenvalue weighted by atomic mass is 16.5. The van der Waals surface area contributed by atoms with Gasteiger partial charge in [0.1, 0.15) is 0 Å². The minimum atomic E-state index is -0.309. The molecule has 7 heteroatoms. The van der Waals surface area contributed by atoms with Crippen molar-refractivity contribution in [3.63, 3.8) is 0 Å². The maximum absolute atomic E-state index is 13.2. The van der Waals surface area contributed by atoms with Crippen LogP contribution in [0, 0.1) is 0 Å².